The molecule has 1 aromatic heterocycles. The molecule has 0 radical (unpaired) electrons. The van der Waals surface area contributed by atoms with E-state index in [2.05, 4.69) is 9.88 Å². The quantitative estimate of drug-likeness (QED) is 0.719. The molecule has 14 heavy (non-hydrogen) atoms. The molecule has 1 aliphatic rings. The van der Waals surface area contributed by atoms with Gasteiger partial charge in [0.1, 0.15) is 11.6 Å². The van der Waals surface area contributed by atoms with E-state index >= 15 is 0 Å². The van der Waals surface area contributed by atoms with E-state index in [1.165, 1.54) is 6.42 Å². The Kier molecular flexibility index (Phi) is 2.40. The molecule has 2 heterocycles. The SMILES string of the molecule is CC(C)c1cnc(N2CCC2)cc1F. The fourth-order valence-electron chi connectivity index (χ4n) is 1.57. The van der Waals surface area contributed by atoms with Gasteiger partial charge in [-0.2, -0.15) is 0 Å². The zero-order chi connectivity index (χ0) is 10.1. The van der Waals surface area contributed by atoms with Crippen molar-refractivity contribution in [2.75, 3.05) is 18.0 Å². The predicted molar refractivity (Wildman–Crippen MR) is 55.1 cm³/mol. The summed E-state index contributed by atoms with van der Waals surface area (Å²) in [5.74, 6) is 0.850. The van der Waals surface area contributed by atoms with Gasteiger partial charge < -0.3 is 4.90 Å². The maximum atomic E-state index is 13.6. The van der Waals surface area contributed by atoms with Crippen molar-refractivity contribution in [3.63, 3.8) is 0 Å². The Morgan fingerprint density at radius 2 is 2.14 bits per heavy atom. The second-order valence-electron chi connectivity index (χ2n) is 4.06. The van der Waals surface area contributed by atoms with E-state index in [9.17, 15) is 4.39 Å². The van der Waals surface area contributed by atoms with Crippen molar-refractivity contribution in [2.45, 2.75) is 26.2 Å². The van der Waals surface area contributed by atoms with Crippen LogP contribution in [0.2, 0.25) is 0 Å². The summed E-state index contributed by atoms with van der Waals surface area (Å²) in [6.07, 6.45) is 2.85. The van der Waals surface area contributed by atoms with Crippen molar-refractivity contribution in [3.8, 4) is 0 Å². The molecule has 2 nitrogen and oxygen atoms in total. The normalized spacial score (nSPS) is 15.9. The molecule has 1 fully saturated rings. The van der Waals surface area contributed by atoms with Gasteiger partial charge in [0.2, 0.25) is 0 Å². The topological polar surface area (TPSA) is 16.1 Å². The average molecular weight is 194 g/mol. The molecule has 0 amide bonds. The van der Waals surface area contributed by atoms with Crippen molar-refractivity contribution in [3.05, 3.63) is 23.6 Å². The van der Waals surface area contributed by atoms with Crippen LogP contribution in [0.4, 0.5) is 10.2 Å². The van der Waals surface area contributed by atoms with Crippen LogP contribution in [0, 0.1) is 5.82 Å². The summed E-state index contributed by atoms with van der Waals surface area (Å²) >= 11 is 0. The van der Waals surface area contributed by atoms with Crippen LogP contribution in [0.5, 0.6) is 0 Å². The minimum absolute atomic E-state index is 0.128. The molecule has 76 valence electrons. The molecular weight excluding hydrogens is 179 g/mol. The number of hydrogen-bond acceptors (Lipinski definition) is 2. The minimum atomic E-state index is -0.128. The maximum absolute atomic E-state index is 13.6. The molecule has 0 spiro atoms. The van der Waals surface area contributed by atoms with Crippen LogP contribution >= 0.6 is 0 Å². The molecule has 0 aliphatic carbocycles. The van der Waals surface area contributed by atoms with E-state index < -0.39 is 0 Å². The molecule has 0 N–H and O–H groups in total. The molecule has 2 rings (SSSR count). The minimum Gasteiger partial charge on any atom is -0.356 e. The molecule has 3 heteroatoms. The zero-order valence-corrected chi connectivity index (χ0v) is 8.63. The molecule has 0 bridgehead atoms. The molecule has 0 saturated carbocycles. The van der Waals surface area contributed by atoms with Crippen molar-refractivity contribution in [1.29, 1.82) is 0 Å². The van der Waals surface area contributed by atoms with Crippen LogP contribution in [-0.2, 0) is 0 Å². The van der Waals surface area contributed by atoms with Gasteiger partial charge in [-0.15, -0.1) is 0 Å². The number of anilines is 1. The molecule has 0 unspecified atom stereocenters. The van der Waals surface area contributed by atoms with Crippen LogP contribution < -0.4 is 4.90 Å². The van der Waals surface area contributed by atoms with E-state index in [-0.39, 0.29) is 11.7 Å². The van der Waals surface area contributed by atoms with E-state index in [1.54, 1.807) is 12.3 Å². The lowest BCUT2D eigenvalue weighted by Gasteiger charge is -2.32. The van der Waals surface area contributed by atoms with E-state index in [4.69, 9.17) is 0 Å². The first kappa shape index (κ1) is 9.44. The van der Waals surface area contributed by atoms with Gasteiger partial charge in [0.05, 0.1) is 0 Å². The third-order valence-corrected chi connectivity index (χ3v) is 2.67. The molecule has 1 aliphatic heterocycles. The molecule has 1 aromatic rings. The van der Waals surface area contributed by atoms with E-state index in [0.29, 0.717) is 5.56 Å². The Labute approximate surface area is 83.8 Å². The lowest BCUT2D eigenvalue weighted by Crippen LogP contribution is -2.37. The highest BCUT2D eigenvalue weighted by Crippen LogP contribution is 2.23. The zero-order valence-electron chi connectivity index (χ0n) is 8.63. The van der Waals surface area contributed by atoms with Gasteiger partial charge in [-0.05, 0) is 12.3 Å². The van der Waals surface area contributed by atoms with Crippen LogP contribution in [0.3, 0.4) is 0 Å². The first-order valence-corrected chi connectivity index (χ1v) is 5.09. The van der Waals surface area contributed by atoms with Crippen LogP contribution in [0.15, 0.2) is 12.3 Å². The third kappa shape index (κ3) is 1.59. The largest absolute Gasteiger partial charge is 0.356 e. The Balaban J connectivity index is 2.25. The fourth-order valence-corrected chi connectivity index (χ4v) is 1.57. The first-order valence-electron chi connectivity index (χ1n) is 5.09. The van der Waals surface area contributed by atoms with Gasteiger partial charge in [-0.3, -0.25) is 0 Å². The molecule has 1 saturated heterocycles. The highest BCUT2D eigenvalue weighted by Gasteiger charge is 2.17. The number of nitrogens with zero attached hydrogens (tertiary/aromatic N) is 2. The second-order valence-corrected chi connectivity index (χ2v) is 4.06. The molecule has 0 atom stereocenters. The van der Waals surface area contributed by atoms with Gasteiger partial charge in [0.15, 0.2) is 0 Å². The third-order valence-electron chi connectivity index (χ3n) is 2.67. The highest BCUT2D eigenvalue weighted by atomic mass is 19.1. The highest BCUT2D eigenvalue weighted by molar-refractivity contribution is 5.42. The van der Waals surface area contributed by atoms with Crippen molar-refractivity contribution < 1.29 is 4.39 Å². The Bertz CT molecular complexity index is 332. The summed E-state index contributed by atoms with van der Waals surface area (Å²) in [5.41, 5.74) is 0.703. The van der Waals surface area contributed by atoms with Gasteiger partial charge >= 0.3 is 0 Å². The number of rotatable bonds is 2. The second kappa shape index (κ2) is 3.56. The summed E-state index contributed by atoms with van der Waals surface area (Å²) < 4.78 is 13.6. The summed E-state index contributed by atoms with van der Waals surface area (Å²) in [4.78, 5) is 6.36. The lowest BCUT2D eigenvalue weighted by atomic mass is 10.1. The number of hydrogen-bond donors (Lipinski definition) is 0. The summed E-state index contributed by atoms with van der Waals surface area (Å²) in [6, 6.07) is 1.55. The van der Waals surface area contributed by atoms with E-state index in [1.807, 2.05) is 13.8 Å². The summed E-state index contributed by atoms with van der Waals surface area (Å²) in [7, 11) is 0. The number of aromatic nitrogens is 1. The predicted octanol–water partition coefficient (Wildman–Crippen LogP) is 2.55. The van der Waals surface area contributed by atoms with Crippen molar-refractivity contribution in [2.24, 2.45) is 0 Å². The summed E-state index contributed by atoms with van der Waals surface area (Å²) in [5, 5.41) is 0. The maximum Gasteiger partial charge on any atom is 0.131 e. The van der Waals surface area contributed by atoms with Crippen LogP contribution in [0.25, 0.3) is 0 Å². The van der Waals surface area contributed by atoms with Crippen molar-refractivity contribution >= 4 is 5.82 Å². The average Bonchev–Trinajstić information content (AvgIpc) is 2.00. The lowest BCUT2D eigenvalue weighted by molar-refractivity contribution is 0.578. The van der Waals surface area contributed by atoms with Crippen LogP contribution in [-0.4, -0.2) is 18.1 Å². The number of halogens is 1. The van der Waals surface area contributed by atoms with Gasteiger partial charge in [0, 0.05) is 30.9 Å². The number of pyridine rings is 1. The monoisotopic (exact) mass is 194 g/mol. The van der Waals surface area contributed by atoms with Gasteiger partial charge in [0.25, 0.3) is 0 Å². The fraction of sp³-hybridized carbons (Fsp3) is 0.545. The smallest absolute Gasteiger partial charge is 0.131 e. The molecule has 0 aromatic carbocycles. The van der Waals surface area contributed by atoms with Crippen molar-refractivity contribution in [1.82, 2.24) is 4.98 Å². The first-order chi connectivity index (χ1) is 6.68. The van der Waals surface area contributed by atoms with Gasteiger partial charge in [-0.1, -0.05) is 13.8 Å². The standard InChI is InChI=1S/C11H15FN2/c1-8(2)9-7-13-11(6-10(9)12)14-4-3-5-14/h6-8H,3-5H2,1-2H3. The van der Waals surface area contributed by atoms with Gasteiger partial charge in [-0.25, -0.2) is 9.37 Å². The summed E-state index contributed by atoms with van der Waals surface area (Å²) in [6.45, 7) is 5.97. The van der Waals surface area contributed by atoms with Crippen LogP contribution in [0.1, 0.15) is 31.7 Å². The Morgan fingerprint density at radius 3 is 2.57 bits per heavy atom. The Hall–Kier alpha value is -1.12. The molecular formula is C11H15FN2. The van der Waals surface area contributed by atoms with E-state index in [0.717, 1.165) is 18.9 Å². The Morgan fingerprint density at radius 1 is 1.43 bits per heavy atom.